The van der Waals surface area contributed by atoms with Gasteiger partial charge in [0, 0.05) is 24.4 Å². The number of carbonyl (C=O) groups excluding carboxylic acids is 1. The molecule has 2 unspecified atom stereocenters. The van der Waals surface area contributed by atoms with Crippen molar-refractivity contribution in [2.75, 3.05) is 37.7 Å². The van der Waals surface area contributed by atoms with E-state index >= 15 is 0 Å². The van der Waals surface area contributed by atoms with Crippen LogP contribution in [-0.2, 0) is 4.79 Å². The summed E-state index contributed by atoms with van der Waals surface area (Å²) in [5.41, 5.74) is 0. The molecule has 1 saturated heterocycles. The minimum atomic E-state index is 0. The number of hydrogen-bond donors (Lipinski definition) is 2. The standard InChI is InChI=1S/C14H29N3OS.2ClH/c1-4-17(5-2)8-9-19-11-14(18)16-13-6-7-15-12(3)10-13;;/h12-13,15H,4-11H2,1-3H3,(H,16,18);2*1H. The molecule has 1 fully saturated rings. The van der Waals surface area contributed by atoms with E-state index in [1.807, 2.05) is 0 Å². The highest BCUT2D eigenvalue weighted by atomic mass is 35.5. The van der Waals surface area contributed by atoms with Crippen molar-refractivity contribution in [3.8, 4) is 0 Å². The van der Waals surface area contributed by atoms with Gasteiger partial charge in [-0.2, -0.15) is 11.8 Å². The Kier molecular flexibility index (Phi) is 15.7. The zero-order valence-corrected chi connectivity index (χ0v) is 15.8. The Morgan fingerprint density at radius 2 is 2.00 bits per heavy atom. The first-order valence-corrected chi connectivity index (χ1v) is 8.64. The van der Waals surface area contributed by atoms with Gasteiger partial charge in [-0.15, -0.1) is 24.8 Å². The van der Waals surface area contributed by atoms with Gasteiger partial charge in [-0.1, -0.05) is 13.8 Å². The summed E-state index contributed by atoms with van der Waals surface area (Å²) in [6, 6.07) is 0.890. The maximum absolute atomic E-state index is 11.8. The number of nitrogens with one attached hydrogen (secondary N) is 2. The van der Waals surface area contributed by atoms with E-state index in [0.29, 0.717) is 17.8 Å². The molecule has 0 aliphatic carbocycles. The predicted molar refractivity (Wildman–Crippen MR) is 98.2 cm³/mol. The van der Waals surface area contributed by atoms with Crippen LogP contribution in [0.5, 0.6) is 0 Å². The van der Waals surface area contributed by atoms with E-state index in [9.17, 15) is 4.79 Å². The molecular formula is C14H31Cl2N3OS. The van der Waals surface area contributed by atoms with E-state index in [2.05, 4.69) is 36.3 Å². The number of hydrogen-bond acceptors (Lipinski definition) is 4. The summed E-state index contributed by atoms with van der Waals surface area (Å²) in [4.78, 5) is 14.2. The topological polar surface area (TPSA) is 44.4 Å². The van der Waals surface area contributed by atoms with Crippen molar-refractivity contribution in [3.63, 3.8) is 0 Å². The fourth-order valence-electron chi connectivity index (χ4n) is 2.43. The Balaban J connectivity index is 0. The lowest BCUT2D eigenvalue weighted by Crippen LogP contribution is -2.47. The SMILES string of the molecule is CCN(CC)CCSCC(=O)NC1CCNC(C)C1.Cl.Cl. The molecule has 1 aliphatic heterocycles. The largest absolute Gasteiger partial charge is 0.353 e. The van der Waals surface area contributed by atoms with E-state index < -0.39 is 0 Å². The highest BCUT2D eigenvalue weighted by Crippen LogP contribution is 2.09. The minimum Gasteiger partial charge on any atom is -0.353 e. The van der Waals surface area contributed by atoms with Crippen LogP contribution in [-0.4, -0.2) is 60.6 Å². The van der Waals surface area contributed by atoms with Gasteiger partial charge in [0.05, 0.1) is 5.75 Å². The fraction of sp³-hybridized carbons (Fsp3) is 0.929. The smallest absolute Gasteiger partial charge is 0.230 e. The monoisotopic (exact) mass is 359 g/mol. The number of thioether (sulfide) groups is 1. The van der Waals surface area contributed by atoms with Crippen LogP contribution in [0.1, 0.15) is 33.6 Å². The summed E-state index contributed by atoms with van der Waals surface area (Å²) in [6.07, 6.45) is 2.11. The van der Waals surface area contributed by atoms with Gasteiger partial charge in [-0.05, 0) is 39.4 Å². The van der Waals surface area contributed by atoms with Crippen LogP contribution in [0.15, 0.2) is 0 Å². The molecule has 0 spiro atoms. The van der Waals surface area contributed by atoms with Crippen molar-refractivity contribution in [1.82, 2.24) is 15.5 Å². The molecule has 0 aromatic carbocycles. The zero-order chi connectivity index (χ0) is 14.1. The molecule has 0 bridgehead atoms. The first kappa shape index (κ1) is 23.6. The lowest BCUT2D eigenvalue weighted by atomic mass is 10.0. The van der Waals surface area contributed by atoms with Gasteiger partial charge >= 0.3 is 0 Å². The van der Waals surface area contributed by atoms with E-state index in [-0.39, 0.29) is 30.7 Å². The van der Waals surface area contributed by atoms with Crippen molar-refractivity contribution in [3.05, 3.63) is 0 Å². The fourth-order valence-corrected chi connectivity index (χ4v) is 3.23. The van der Waals surface area contributed by atoms with Crippen molar-refractivity contribution in [2.24, 2.45) is 0 Å². The Bertz CT molecular complexity index is 269. The molecule has 1 aliphatic rings. The lowest BCUT2D eigenvalue weighted by molar-refractivity contribution is -0.119. The first-order chi connectivity index (χ1) is 9.15. The van der Waals surface area contributed by atoms with Crippen LogP contribution >= 0.6 is 36.6 Å². The first-order valence-electron chi connectivity index (χ1n) is 7.48. The molecule has 0 aromatic rings. The Morgan fingerprint density at radius 3 is 2.57 bits per heavy atom. The molecule has 21 heavy (non-hydrogen) atoms. The third-order valence-corrected chi connectivity index (χ3v) is 4.61. The van der Waals surface area contributed by atoms with E-state index in [1.54, 1.807) is 11.8 Å². The number of piperidine rings is 1. The Morgan fingerprint density at radius 1 is 1.33 bits per heavy atom. The third kappa shape index (κ3) is 10.6. The van der Waals surface area contributed by atoms with Gasteiger partial charge in [-0.3, -0.25) is 4.79 Å². The summed E-state index contributed by atoms with van der Waals surface area (Å²) in [6.45, 7) is 10.8. The summed E-state index contributed by atoms with van der Waals surface area (Å²) in [5.74, 6) is 1.83. The van der Waals surface area contributed by atoms with Gasteiger partial charge in [0.2, 0.25) is 5.91 Å². The van der Waals surface area contributed by atoms with Crippen LogP contribution < -0.4 is 10.6 Å². The molecule has 0 saturated carbocycles. The van der Waals surface area contributed by atoms with E-state index in [4.69, 9.17) is 0 Å². The van der Waals surface area contributed by atoms with Crippen molar-refractivity contribution in [2.45, 2.75) is 45.7 Å². The van der Waals surface area contributed by atoms with Gasteiger partial charge < -0.3 is 15.5 Å². The number of nitrogens with zero attached hydrogens (tertiary/aromatic N) is 1. The average Bonchev–Trinajstić information content (AvgIpc) is 2.39. The zero-order valence-electron chi connectivity index (χ0n) is 13.4. The normalized spacial score (nSPS) is 21.3. The van der Waals surface area contributed by atoms with Crippen LogP contribution in [0.4, 0.5) is 0 Å². The van der Waals surface area contributed by atoms with Crippen LogP contribution in [0.3, 0.4) is 0 Å². The van der Waals surface area contributed by atoms with Crippen LogP contribution in [0, 0.1) is 0 Å². The van der Waals surface area contributed by atoms with Crippen LogP contribution in [0.2, 0.25) is 0 Å². The van der Waals surface area contributed by atoms with Gasteiger partial charge in [-0.25, -0.2) is 0 Å². The van der Waals surface area contributed by atoms with Gasteiger partial charge in [0.1, 0.15) is 0 Å². The Labute approximate surface area is 146 Å². The third-order valence-electron chi connectivity index (χ3n) is 3.67. The van der Waals surface area contributed by atoms with E-state index in [1.165, 1.54) is 0 Å². The molecule has 4 nitrogen and oxygen atoms in total. The molecule has 1 amide bonds. The van der Waals surface area contributed by atoms with Crippen molar-refractivity contribution >= 4 is 42.5 Å². The summed E-state index contributed by atoms with van der Waals surface area (Å²) in [7, 11) is 0. The molecule has 7 heteroatoms. The Hall–Kier alpha value is 0.320. The molecule has 2 N–H and O–H groups in total. The summed E-state index contributed by atoms with van der Waals surface area (Å²) >= 11 is 1.74. The van der Waals surface area contributed by atoms with Gasteiger partial charge in [0.25, 0.3) is 0 Å². The molecule has 0 radical (unpaired) electrons. The summed E-state index contributed by atoms with van der Waals surface area (Å²) in [5, 5.41) is 6.55. The maximum atomic E-state index is 11.8. The average molecular weight is 360 g/mol. The molecule has 2 atom stereocenters. The van der Waals surface area contributed by atoms with Crippen LogP contribution in [0.25, 0.3) is 0 Å². The highest BCUT2D eigenvalue weighted by molar-refractivity contribution is 7.99. The predicted octanol–water partition coefficient (Wildman–Crippen LogP) is 2.16. The second kappa shape index (κ2) is 13.9. The number of rotatable bonds is 8. The summed E-state index contributed by atoms with van der Waals surface area (Å²) < 4.78 is 0. The lowest BCUT2D eigenvalue weighted by Gasteiger charge is -2.28. The second-order valence-corrected chi connectivity index (χ2v) is 6.33. The van der Waals surface area contributed by atoms with Crippen molar-refractivity contribution < 1.29 is 4.79 Å². The second-order valence-electron chi connectivity index (χ2n) is 5.22. The van der Waals surface area contributed by atoms with Gasteiger partial charge in [0.15, 0.2) is 0 Å². The number of amides is 1. The minimum absolute atomic E-state index is 0. The van der Waals surface area contributed by atoms with E-state index in [0.717, 1.165) is 44.8 Å². The quantitative estimate of drug-likeness (QED) is 0.651. The number of halogens is 2. The molecule has 1 rings (SSSR count). The molecule has 0 aromatic heterocycles. The highest BCUT2D eigenvalue weighted by Gasteiger charge is 2.19. The van der Waals surface area contributed by atoms with Crippen molar-refractivity contribution in [1.29, 1.82) is 0 Å². The number of carbonyl (C=O) groups is 1. The molecular weight excluding hydrogens is 329 g/mol. The molecule has 128 valence electrons. The molecule has 1 heterocycles. The maximum Gasteiger partial charge on any atom is 0.230 e.